The standard InChI is InChI=1S/C20H25NO2/c1-6-23-18-9-7-17(8-10-18)20(22)21-16(5)19-12-14(3)13(2)11-15(19)4/h7-12,16H,6H2,1-5H3,(H,21,22). The Kier molecular flexibility index (Phi) is 5.43. The summed E-state index contributed by atoms with van der Waals surface area (Å²) in [5.41, 5.74) is 5.52. The van der Waals surface area contributed by atoms with Crippen LogP contribution in [-0.4, -0.2) is 12.5 Å². The summed E-state index contributed by atoms with van der Waals surface area (Å²) in [5.74, 6) is 0.709. The Labute approximate surface area is 138 Å². The van der Waals surface area contributed by atoms with E-state index in [2.05, 4.69) is 38.2 Å². The molecule has 2 rings (SSSR count). The van der Waals surface area contributed by atoms with Crippen molar-refractivity contribution in [3.05, 3.63) is 64.2 Å². The summed E-state index contributed by atoms with van der Waals surface area (Å²) in [6.45, 7) is 10.9. The SMILES string of the molecule is CCOc1ccc(C(=O)NC(C)c2cc(C)c(C)cc2C)cc1. The van der Waals surface area contributed by atoms with Gasteiger partial charge in [0.05, 0.1) is 12.6 Å². The molecule has 0 aliphatic rings. The lowest BCUT2D eigenvalue weighted by molar-refractivity contribution is 0.0940. The molecule has 3 heteroatoms. The number of carbonyl (C=O) groups is 1. The zero-order valence-electron chi connectivity index (χ0n) is 14.6. The molecule has 0 fully saturated rings. The molecule has 0 aliphatic heterocycles. The van der Waals surface area contributed by atoms with Crippen molar-refractivity contribution in [2.45, 2.75) is 40.7 Å². The molecule has 2 aromatic rings. The van der Waals surface area contributed by atoms with Gasteiger partial charge in [-0.25, -0.2) is 0 Å². The molecule has 23 heavy (non-hydrogen) atoms. The van der Waals surface area contributed by atoms with Crippen molar-refractivity contribution in [1.29, 1.82) is 0 Å². The molecule has 122 valence electrons. The molecule has 0 radical (unpaired) electrons. The van der Waals surface area contributed by atoms with Crippen LogP contribution in [0.5, 0.6) is 5.75 Å². The molecular weight excluding hydrogens is 286 g/mol. The molecule has 0 saturated heterocycles. The number of hydrogen-bond acceptors (Lipinski definition) is 2. The fraction of sp³-hybridized carbons (Fsp3) is 0.350. The predicted octanol–water partition coefficient (Wildman–Crippen LogP) is 4.50. The van der Waals surface area contributed by atoms with Crippen LogP contribution in [0.4, 0.5) is 0 Å². The zero-order valence-corrected chi connectivity index (χ0v) is 14.6. The first-order chi connectivity index (χ1) is 10.9. The van der Waals surface area contributed by atoms with Crippen molar-refractivity contribution in [2.24, 2.45) is 0 Å². The molecule has 0 saturated carbocycles. The van der Waals surface area contributed by atoms with Gasteiger partial charge < -0.3 is 10.1 Å². The summed E-state index contributed by atoms with van der Waals surface area (Å²) in [6.07, 6.45) is 0. The van der Waals surface area contributed by atoms with Crippen LogP contribution in [0, 0.1) is 20.8 Å². The van der Waals surface area contributed by atoms with Gasteiger partial charge in [-0.2, -0.15) is 0 Å². The van der Waals surface area contributed by atoms with Crippen molar-refractivity contribution in [3.8, 4) is 5.75 Å². The van der Waals surface area contributed by atoms with E-state index in [1.165, 1.54) is 16.7 Å². The van der Waals surface area contributed by atoms with Crippen LogP contribution < -0.4 is 10.1 Å². The minimum absolute atomic E-state index is 0.0339. The summed E-state index contributed by atoms with van der Waals surface area (Å²) >= 11 is 0. The normalized spacial score (nSPS) is 11.9. The van der Waals surface area contributed by atoms with E-state index in [-0.39, 0.29) is 11.9 Å². The Bertz CT molecular complexity index is 690. The van der Waals surface area contributed by atoms with Crippen LogP contribution >= 0.6 is 0 Å². The van der Waals surface area contributed by atoms with Gasteiger partial charge in [-0.05, 0) is 81.1 Å². The van der Waals surface area contributed by atoms with E-state index in [1.54, 1.807) is 12.1 Å². The molecule has 0 aromatic heterocycles. The lowest BCUT2D eigenvalue weighted by Crippen LogP contribution is -2.27. The molecule has 0 spiro atoms. The number of hydrogen-bond donors (Lipinski definition) is 1. The quantitative estimate of drug-likeness (QED) is 0.883. The van der Waals surface area contributed by atoms with E-state index in [4.69, 9.17) is 4.74 Å². The summed E-state index contributed by atoms with van der Waals surface area (Å²) in [4.78, 5) is 12.4. The topological polar surface area (TPSA) is 38.3 Å². The molecule has 1 N–H and O–H groups in total. The highest BCUT2D eigenvalue weighted by Gasteiger charge is 2.14. The maximum absolute atomic E-state index is 12.4. The van der Waals surface area contributed by atoms with Crippen LogP contribution in [0.2, 0.25) is 0 Å². The van der Waals surface area contributed by atoms with Crippen LogP contribution in [0.15, 0.2) is 36.4 Å². The first kappa shape index (κ1) is 17.1. The van der Waals surface area contributed by atoms with Crippen LogP contribution in [0.25, 0.3) is 0 Å². The number of nitrogens with one attached hydrogen (secondary N) is 1. The minimum Gasteiger partial charge on any atom is -0.494 e. The Morgan fingerprint density at radius 2 is 1.65 bits per heavy atom. The number of benzene rings is 2. The van der Waals surface area contributed by atoms with Gasteiger partial charge in [0.1, 0.15) is 5.75 Å². The molecule has 1 atom stereocenters. The molecule has 0 heterocycles. The fourth-order valence-electron chi connectivity index (χ4n) is 2.68. The molecular formula is C20H25NO2. The van der Waals surface area contributed by atoms with E-state index >= 15 is 0 Å². The average molecular weight is 311 g/mol. The van der Waals surface area contributed by atoms with Gasteiger partial charge in [0.15, 0.2) is 0 Å². The van der Waals surface area contributed by atoms with E-state index in [0.717, 1.165) is 11.3 Å². The van der Waals surface area contributed by atoms with Crippen molar-refractivity contribution in [1.82, 2.24) is 5.32 Å². The van der Waals surface area contributed by atoms with Gasteiger partial charge in [-0.15, -0.1) is 0 Å². The third-order valence-corrected chi connectivity index (χ3v) is 4.12. The third kappa shape index (κ3) is 4.13. The molecule has 1 unspecified atom stereocenters. The Morgan fingerprint density at radius 1 is 1.04 bits per heavy atom. The van der Waals surface area contributed by atoms with Crippen molar-refractivity contribution in [2.75, 3.05) is 6.61 Å². The van der Waals surface area contributed by atoms with E-state index in [0.29, 0.717) is 12.2 Å². The second kappa shape index (κ2) is 7.32. The van der Waals surface area contributed by atoms with Gasteiger partial charge in [-0.3, -0.25) is 4.79 Å². The summed E-state index contributed by atoms with van der Waals surface area (Å²) in [7, 11) is 0. The van der Waals surface area contributed by atoms with Crippen molar-refractivity contribution < 1.29 is 9.53 Å². The Balaban J connectivity index is 2.11. The number of aryl methyl sites for hydroxylation is 3. The second-order valence-electron chi connectivity index (χ2n) is 5.95. The van der Waals surface area contributed by atoms with E-state index in [9.17, 15) is 4.79 Å². The predicted molar refractivity (Wildman–Crippen MR) is 94.1 cm³/mol. The maximum Gasteiger partial charge on any atom is 0.251 e. The zero-order chi connectivity index (χ0) is 17.0. The molecule has 1 amide bonds. The van der Waals surface area contributed by atoms with Gasteiger partial charge in [0.2, 0.25) is 0 Å². The van der Waals surface area contributed by atoms with Crippen molar-refractivity contribution in [3.63, 3.8) is 0 Å². The number of rotatable bonds is 5. The molecule has 2 aromatic carbocycles. The van der Waals surface area contributed by atoms with E-state index in [1.807, 2.05) is 26.0 Å². The molecule has 0 aliphatic carbocycles. The summed E-state index contributed by atoms with van der Waals surface area (Å²) in [5, 5.41) is 3.07. The molecule has 0 bridgehead atoms. The van der Waals surface area contributed by atoms with Crippen LogP contribution in [0.1, 0.15) is 52.5 Å². The van der Waals surface area contributed by atoms with Crippen LogP contribution in [-0.2, 0) is 0 Å². The maximum atomic E-state index is 12.4. The van der Waals surface area contributed by atoms with Gasteiger partial charge in [0.25, 0.3) is 5.91 Å². The lowest BCUT2D eigenvalue weighted by atomic mass is 9.96. The highest BCUT2D eigenvalue weighted by Crippen LogP contribution is 2.22. The highest BCUT2D eigenvalue weighted by atomic mass is 16.5. The first-order valence-electron chi connectivity index (χ1n) is 8.03. The van der Waals surface area contributed by atoms with Gasteiger partial charge in [-0.1, -0.05) is 12.1 Å². The van der Waals surface area contributed by atoms with E-state index < -0.39 is 0 Å². The van der Waals surface area contributed by atoms with Gasteiger partial charge >= 0.3 is 0 Å². The first-order valence-corrected chi connectivity index (χ1v) is 8.03. The summed E-state index contributed by atoms with van der Waals surface area (Å²) in [6, 6.07) is 11.5. The highest BCUT2D eigenvalue weighted by molar-refractivity contribution is 5.94. The van der Waals surface area contributed by atoms with Gasteiger partial charge in [0, 0.05) is 5.56 Å². The number of ether oxygens (including phenoxy) is 1. The smallest absolute Gasteiger partial charge is 0.251 e. The van der Waals surface area contributed by atoms with Crippen molar-refractivity contribution >= 4 is 5.91 Å². The third-order valence-electron chi connectivity index (χ3n) is 4.12. The lowest BCUT2D eigenvalue weighted by Gasteiger charge is -2.18. The molecule has 3 nitrogen and oxygen atoms in total. The monoisotopic (exact) mass is 311 g/mol. The largest absolute Gasteiger partial charge is 0.494 e. The average Bonchev–Trinajstić information content (AvgIpc) is 2.51. The van der Waals surface area contributed by atoms with Crippen LogP contribution in [0.3, 0.4) is 0 Å². The number of carbonyl (C=O) groups excluding carboxylic acids is 1. The Hall–Kier alpha value is -2.29. The Morgan fingerprint density at radius 3 is 2.26 bits per heavy atom. The second-order valence-corrected chi connectivity index (χ2v) is 5.95. The summed E-state index contributed by atoms with van der Waals surface area (Å²) < 4.78 is 5.40. The number of amides is 1. The minimum atomic E-state index is -0.0711. The fourth-order valence-corrected chi connectivity index (χ4v) is 2.68.